The van der Waals surface area contributed by atoms with E-state index in [1.165, 1.54) is 22.2 Å². The van der Waals surface area contributed by atoms with E-state index in [9.17, 15) is 14.4 Å². The van der Waals surface area contributed by atoms with Crippen LogP contribution in [0.1, 0.15) is 79.3 Å². The summed E-state index contributed by atoms with van der Waals surface area (Å²) >= 11 is 7.70. The van der Waals surface area contributed by atoms with Gasteiger partial charge in [0, 0.05) is 17.5 Å². The SMILES string of the molecule is C#CCC(OC(C)COC(Cc1ccc(N)cc1)(C(=O)OCC)c1cscn1)n1cnc2c(N(C(=O)OC(C)(C)C)C(=O)OC(C)(C)C)nc(Cl)nc21. The van der Waals surface area contributed by atoms with Gasteiger partial charge in [0.05, 0.1) is 43.3 Å². The summed E-state index contributed by atoms with van der Waals surface area (Å²) in [6.45, 7) is 13.3. The molecule has 0 aliphatic carbocycles. The van der Waals surface area contributed by atoms with Gasteiger partial charge >= 0.3 is 18.2 Å². The van der Waals surface area contributed by atoms with Crippen molar-refractivity contribution in [2.45, 2.75) is 97.4 Å². The molecule has 3 atom stereocenters. The van der Waals surface area contributed by atoms with Gasteiger partial charge in [-0.3, -0.25) is 4.57 Å². The molecule has 0 saturated heterocycles. The molecule has 0 fully saturated rings. The fraction of sp³-hybridized carbons (Fsp3) is 0.472. The predicted octanol–water partition coefficient (Wildman–Crippen LogP) is 6.84. The Hall–Kier alpha value is -4.82. The zero-order valence-electron chi connectivity index (χ0n) is 30.9. The first-order valence-electron chi connectivity index (χ1n) is 16.7. The average molecular weight is 770 g/mol. The third-order valence-corrected chi connectivity index (χ3v) is 7.94. The van der Waals surface area contributed by atoms with Gasteiger partial charge in [0.25, 0.3) is 0 Å². The van der Waals surface area contributed by atoms with Crippen LogP contribution in [-0.4, -0.2) is 73.2 Å². The van der Waals surface area contributed by atoms with Crippen LogP contribution in [0.25, 0.3) is 11.2 Å². The summed E-state index contributed by atoms with van der Waals surface area (Å²) in [5.74, 6) is 1.70. The molecule has 1 aromatic carbocycles. The van der Waals surface area contributed by atoms with Gasteiger partial charge in [0.2, 0.25) is 10.9 Å². The molecule has 284 valence electrons. The number of thiazole rings is 1. The molecule has 0 radical (unpaired) electrons. The number of carbonyl (C=O) groups is 3. The average Bonchev–Trinajstić information content (AvgIpc) is 3.74. The molecule has 3 aromatic heterocycles. The lowest BCUT2D eigenvalue weighted by molar-refractivity contribution is -0.183. The Kier molecular flexibility index (Phi) is 13.0. The molecule has 0 saturated carbocycles. The minimum Gasteiger partial charge on any atom is -0.464 e. The van der Waals surface area contributed by atoms with Gasteiger partial charge in [-0.25, -0.2) is 24.4 Å². The fourth-order valence-electron chi connectivity index (χ4n) is 5.02. The third-order valence-electron chi connectivity index (χ3n) is 7.18. The first-order valence-corrected chi connectivity index (χ1v) is 18.0. The third kappa shape index (κ3) is 10.4. The van der Waals surface area contributed by atoms with Crippen molar-refractivity contribution in [1.29, 1.82) is 0 Å². The summed E-state index contributed by atoms with van der Waals surface area (Å²) in [4.78, 5) is 58.6. The molecule has 4 aromatic rings. The number of hydrogen-bond donors (Lipinski definition) is 1. The van der Waals surface area contributed by atoms with Gasteiger partial charge in [-0.05, 0) is 84.7 Å². The van der Waals surface area contributed by atoms with E-state index in [-0.39, 0.29) is 48.3 Å². The van der Waals surface area contributed by atoms with Crippen LogP contribution in [0.5, 0.6) is 0 Å². The van der Waals surface area contributed by atoms with Crippen molar-refractivity contribution in [3.63, 3.8) is 0 Å². The van der Waals surface area contributed by atoms with E-state index >= 15 is 0 Å². The van der Waals surface area contributed by atoms with Crippen LogP contribution in [0.2, 0.25) is 5.28 Å². The highest BCUT2D eigenvalue weighted by molar-refractivity contribution is 7.07. The van der Waals surface area contributed by atoms with Crippen molar-refractivity contribution in [3.05, 3.63) is 58.0 Å². The number of halogens is 1. The van der Waals surface area contributed by atoms with Gasteiger partial charge in [-0.2, -0.15) is 14.9 Å². The number of fused-ring (bicyclic) bond motifs is 1. The number of esters is 1. The zero-order valence-corrected chi connectivity index (χ0v) is 32.5. The smallest absolute Gasteiger partial charge is 0.425 e. The van der Waals surface area contributed by atoms with Crippen LogP contribution in [0.3, 0.4) is 0 Å². The second-order valence-electron chi connectivity index (χ2n) is 13.9. The number of carbonyl (C=O) groups excluding carboxylic acids is 3. The number of nitrogens with two attached hydrogens (primary N) is 1. The van der Waals surface area contributed by atoms with Crippen molar-refractivity contribution in [3.8, 4) is 12.3 Å². The van der Waals surface area contributed by atoms with E-state index < -0.39 is 47.3 Å². The Bertz CT molecular complexity index is 1910. The molecule has 15 nitrogen and oxygen atoms in total. The van der Waals surface area contributed by atoms with Gasteiger partial charge in [0.15, 0.2) is 17.0 Å². The summed E-state index contributed by atoms with van der Waals surface area (Å²) in [6, 6.07) is 7.08. The summed E-state index contributed by atoms with van der Waals surface area (Å²) in [5.41, 5.74) is 5.77. The van der Waals surface area contributed by atoms with Crippen LogP contribution in [0.4, 0.5) is 21.1 Å². The Balaban J connectivity index is 1.69. The van der Waals surface area contributed by atoms with Gasteiger partial charge in [-0.15, -0.1) is 23.7 Å². The number of nitrogen functional groups attached to an aromatic ring is 1. The standard InChI is InChI=1S/C36H44ClN7O8S/c1-10-12-26(50-22(3)18-49-36(30(45)48-11-2,25-19-53-21-40-25)17-23-13-15-24(38)16-14-23)43-20-39-27-28(43)41-31(37)42-29(27)44(32(46)51-34(4,5)6)33(47)52-35(7,8)9/h1,13-16,19-22,26H,11-12,17-18,38H2,2-9H3. The maximum Gasteiger partial charge on any atom is 0.425 e. The lowest BCUT2D eigenvalue weighted by Crippen LogP contribution is -2.44. The molecule has 2 N–H and O–H groups in total. The maximum atomic E-state index is 13.7. The highest BCUT2D eigenvalue weighted by atomic mass is 35.5. The molecular formula is C36H44ClN7O8S. The number of ether oxygens (including phenoxy) is 5. The van der Waals surface area contributed by atoms with Crippen molar-refractivity contribution >= 4 is 63.8 Å². The summed E-state index contributed by atoms with van der Waals surface area (Å²) in [7, 11) is 0. The summed E-state index contributed by atoms with van der Waals surface area (Å²) in [6.07, 6.45) is 3.54. The number of aromatic nitrogens is 5. The second kappa shape index (κ2) is 16.9. The molecule has 3 unspecified atom stereocenters. The van der Waals surface area contributed by atoms with E-state index in [4.69, 9.17) is 47.4 Å². The van der Waals surface area contributed by atoms with Gasteiger partial charge < -0.3 is 29.4 Å². The molecule has 4 rings (SSSR count). The first kappa shape index (κ1) is 40.9. The molecule has 0 spiro atoms. The Morgan fingerprint density at radius 1 is 1.04 bits per heavy atom. The molecule has 0 aliphatic heterocycles. The predicted molar refractivity (Wildman–Crippen MR) is 199 cm³/mol. The van der Waals surface area contributed by atoms with E-state index in [2.05, 4.69) is 25.9 Å². The van der Waals surface area contributed by atoms with Crippen molar-refractivity contribution in [2.75, 3.05) is 23.8 Å². The number of hydrogen-bond acceptors (Lipinski definition) is 14. The maximum absolute atomic E-state index is 13.7. The van der Waals surface area contributed by atoms with Crippen molar-refractivity contribution < 1.29 is 38.1 Å². The molecule has 17 heteroatoms. The molecule has 0 aliphatic rings. The number of nitrogens with zero attached hydrogens (tertiary/aromatic N) is 6. The van der Waals surface area contributed by atoms with Crippen LogP contribution in [-0.2, 0) is 40.5 Å². The highest BCUT2D eigenvalue weighted by Crippen LogP contribution is 2.34. The fourth-order valence-corrected chi connectivity index (χ4v) is 5.79. The quantitative estimate of drug-likeness (QED) is 0.0491. The molecular weight excluding hydrogens is 726 g/mol. The summed E-state index contributed by atoms with van der Waals surface area (Å²) in [5, 5.41) is 1.42. The lowest BCUT2D eigenvalue weighted by atomic mass is 9.91. The molecule has 2 amide bonds. The minimum absolute atomic E-state index is 0.00833. The van der Waals surface area contributed by atoms with E-state index in [0.717, 1.165) is 5.56 Å². The number of amides is 2. The van der Waals surface area contributed by atoms with Gasteiger partial charge in [0.1, 0.15) is 17.4 Å². The van der Waals surface area contributed by atoms with Gasteiger partial charge in [-0.1, -0.05) is 12.1 Å². The number of imide groups is 1. The van der Waals surface area contributed by atoms with E-state index in [1.54, 1.807) is 90.5 Å². The van der Waals surface area contributed by atoms with E-state index in [1.807, 2.05) is 0 Å². The van der Waals surface area contributed by atoms with Crippen molar-refractivity contribution in [1.82, 2.24) is 24.5 Å². The van der Waals surface area contributed by atoms with Crippen molar-refractivity contribution in [2.24, 2.45) is 0 Å². The number of anilines is 2. The highest BCUT2D eigenvalue weighted by Gasteiger charge is 2.46. The molecule has 53 heavy (non-hydrogen) atoms. The normalized spacial score (nSPS) is 14.1. The molecule has 0 bridgehead atoms. The number of benzene rings is 1. The molecule has 3 heterocycles. The number of terminal acetylenes is 1. The number of rotatable bonds is 13. The Morgan fingerprint density at radius 2 is 1.68 bits per heavy atom. The minimum atomic E-state index is -1.62. The second-order valence-corrected chi connectivity index (χ2v) is 15.0. The van der Waals surface area contributed by atoms with Crippen LogP contribution in [0, 0.1) is 12.3 Å². The van der Waals surface area contributed by atoms with Crippen LogP contribution < -0.4 is 10.6 Å². The topological polar surface area (TPSA) is 183 Å². The number of imidazole rings is 1. The Morgan fingerprint density at radius 3 is 2.23 bits per heavy atom. The monoisotopic (exact) mass is 769 g/mol. The summed E-state index contributed by atoms with van der Waals surface area (Å²) < 4.78 is 30.9. The largest absolute Gasteiger partial charge is 0.464 e. The van der Waals surface area contributed by atoms with E-state index in [0.29, 0.717) is 16.3 Å². The van der Waals surface area contributed by atoms with Crippen LogP contribution >= 0.6 is 22.9 Å². The first-order chi connectivity index (χ1) is 24.9. The lowest BCUT2D eigenvalue weighted by Gasteiger charge is -2.32. The zero-order chi connectivity index (χ0) is 39.1. The van der Waals surface area contributed by atoms with Crippen LogP contribution in [0.15, 0.2) is 41.5 Å². The Labute approximate surface area is 317 Å².